The Morgan fingerprint density at radius 1 is 1.16 bits per heavy atom. The molecule has 0 aliphatic carbocycles. The Morgan fingerprint density at radius 3 is 2.71 bits per heavy atom. The average Bonchev–Trinajstić information content (AvgIpc) is 3.21. The molecule has 2 N–H and O–H groups in total. The van der Waals surface area contributed by atoms with Crippen LogP contribution < -0.4 is 20.3 Å². The highest BCUT2D eigenvalue weighted by atomic mass is 35.5. The van der Waals surface area contributed by atoms with Crippen LogP contribution in [0.5, 0.6) is 11.5 Å². The summed E-state index contributed by atoms with van der Waals surface area (Å²) >= 11 is 7.76. The van der Waals surface area contributed by atoms with Gasteiger partial charge in [0.05, 0.1) is 26.2 Å². The number of hydrogen-bond donors (Lipinski definition) is 2. The maximum absolute atomic E-state index is 12.9. The van der Waals surface area contributed by atoms with Gasteiger partial charge in [-0.05, 0) is 31.2 Å². The zero-order valence-electron chi connectivity index (χ0n) is 17.4. The number of aromatic amines is 1. The lowest BCUT2D eigenvalue weighted by molar-refractivity contribution is 0.391. The van der Waals surface area contributed by atoms with E-state index in [9.17, 15) is 4.79 Å². The highest BCUT2D eigenvalue weighted by Gasteiger charge is 2.16. The highest BCUT2D eigenvalue weighted by molar-refractivity contribution is 7.17. The molecule has 4 rings (SSSR count). The largest absolute Gasteiger partial charge is 0.497 e. The van der Waals surface area contributed by atoms with Gasteiger partial charge >= 0.3 is 0 Å². The van der Waals surface area contributed by atoms with Gasteiger partial charge in [0, 0.05) is 33.1 Å². The number of halogens is 1. The summed E-state index contributed by atoms with van der Waals surface area (Å²) in [5.41, 5.74) is 2.41. The molecule has 2 aromatic heterocycles. The molecule has 0 aliphatic rings. The summed E-state index contributed by atoms with van der Waals surface area (Å²) in [6, 6.07) is 13.1. The average molecular weight is 456 g/mol. The van der Waals surface area contributed by atoms with E-state index in [-0.39, 0.29) is 11.6 Å². The second-order valence-electron chi connectivity index (χ2n) is 7.03. The van der Waals surface area contributed by atoms with Crippen LogP contribution in [-0.2, 0) is 6.54 Å². The first-order chi connectivity index (χ1) is 15.0. The van der Waals surface area contributed by atoms with E-state index in [0.717, 1.165) is 28.2 Å². The minimum atomic E-state index is -0.176. The molecule has 1 atom stereocenters. The molecule has 160 valence electrons. The number of ether oxygens (including phenoxy) is 2. The summed E-state index contributed by atoms with van der Waals surface area (Å²) < 4.78 is 10.8. The minimum Gasteiger partial charge on any atom is -0.497 e. The highest BCUT2D eigenvalue weighted by Crippen LogP contribution is 2.35. The number of fused-ring (bicyclic) bond motifs is 1. The normalized spacial score (nSPS) is 12.1. The van der Waals surface area contributed by atoms with Crippen LogP contribution in [0.1, 0.15) is 24.4 Å². The third kappa shape index (κ3) is 4.30. The van der Waals surface area contributed by atoms with Gasteiger partial charge in [0.15, 0.2) is 0 Å². The third-order valence-electron chi connectivity index (χ3n) is 5.14. The Balaban J connectivity index is 1.59. The van der Waals surface area contributed by atoms with Crippen molar-refractivity contribution in [3.63, 3.8) is 0 Å². The maximum Gasteiger partial charge on any atom is 0.260 e. The zero-order chi connectivity index (χ0) is 22.0. The summed E-state index contributed by atoms with van der Waals surface area (Å²) in [4.78, 5) is 21.1. The zero-order valence-corrected chi connectivity index (χ0v) is 18.9. The van der Waals surface area contributed by atoms with E-state index >= 15 is 0 Å². The standard InChI is InChI=1S/C23H22ClN3O3S/c1-13(16-10-14(29-2)8-9-19(16)30-3)25-11-20-26-22(28)21-17(12-31-23(21)27-20)15-6-4-5-7-18(15)24/h4-10,12-13,25H,11H2,1-3H3,(H,26,27,28)/t13-/m0/s1. The molecule has 0 saturated carbocycles. The van der Waals surface area contributed by atoms with Crippen molar-refractivity contribution in [2.75, 3.05) is 14.2 Å². The fourth-order valence-electron chi connectivity index (χ4n) is 3.49. The number of rotatable bonds is 7. The van der Waals surface area contributed by atoms with Gasteiger partial charge in [-0.15, -0.1) is 11.3 Å². The van der Waals surface area contributed by atoms with E-state index in [0.29, 0.717) is 27.6 Å². The molecule has 6 nitrogen and oxygen atoms in total. The van der Waals surface area contributed by atoms with Gasteiger partial charge in [-0.2, -0.15) is 0 Å². The van der Waals surface area contributed by atoms with Gasteiger partial charge < -0.3 is 19.8 Å². The third-order valence-corrected chi connectivity index (χ3v) is 6.34. The van der Waals surface area contributed by atoms with Crippen molar-refractivity contribution in [2.24, 2.45) is 0 Å². The number of nitrogens with one attached hydrogen (secondary N) is 2. The molecule has 0 unspecified atom stereocenters. The number of hydrogen-bond acceptors (Lipinski definition) is 6. The lowest BCUT2D eigenvalue weighted by atomic mass is 10.1. The molecule has 2 aromatic carbocycles. The molecular weight excluding hydrogens is 434 g/mol. The second kappa shape index (κ2) is 9.09. The molecule has 0 aliphatic heterocycles. The summed E-state index contributed by atoms with van der Waals surface area (Å²) in [5.74, 6) is 2.09. The molecule has 31 heavy (non-hydrogen) atoms. The lowest BCUT2D eigenvalue weighted by Crippen LogP contribution is -2.22. The van der Waals surface area contributed by atoms with Crippen molar-refractivity contribution >= 4 is 33.2 Å². The Bertz CT molecular complexity index is 1280. The Kier molecular flexibility index (Phi) is 6.27. The predicted molar refractivity (Wildman–Crippen MR) is 125 cm³/mol. The fourth-order valence-corrected chi connectivity index (χ4v) is 4.69. The topological polar surface area (TPSA) is 76.2 Å². The van der Waals surface area contributed by atoms with Crippen LogP contribution in [0.4, 0.5) is 0 Å². The van der Waals surface area contributed by atoms with Gasteiger partial charge in [0.2, 0.25) is 0 Å². The van der Waals surface area contributed by atoms with Crippen LogP contribution in [0, 0.1) is 0 Å². The minimum absolute atomic E-state index is 0.0481. The van der Waals surface area contributed by atoms with Crippen molar-refractivity contribution in [2.45, 2.75) is 19.5 Å². The van der Waals surface area contributed by atoms with Gasteiger partial charge in [-0.3, -0.25) is 4.79 Å². The number of H-pyrrole nitrogens is 1. The second-order valence-corrected chi connectivity index (χ2v) is 8.30. The number of aromatic nitrogens is 2. The number of nitrogens with zero attached hydrogens (tertiary/aromatic N) is 1. The summed E-state index contributed by atoms with van der Waals surface area (Å²) in [7, 11) is 3.27. The molecular formula is C23H22ClN3O3S. The van der Waals surface area contributed by atoms with E-state index in [1.54, 1.807) is 14.2 Å². The predicted octanol–water partition coefficient (Wildman–Crippen LogP) is 5.17. The smallest absolute Gasteiger partial charge is 0.260 e. The molecule has 0 bridgehead atoms. The van der Waals surface area contributed by atoms with Gasteiger partial charge in [0.1, 0.15) is 22.2 Å². The Labute approximate surface area is 188 Å². The summed E-state index contributed by atoms with van der Waals surface area (Å²) in [5, 5.41) is 6.49. The van der Waals surface area contributed by atoms with E-state index in [2.05, 4.69) is 15.3 Å². The van der Waals surface area contributed by atoms with E-state index < -0.39 is 0 Å². The molecule has 0 amide bonds. The maximum atomic E-state index is 12.9. The van der Waals surface area contributed by atoms with Gasteiger partial charge in [-0.25, -0.2) is 4.98 Å². The van der Waals surface area contributed by atoms with Crippen LogP contribution >= 0.6 is 22.9 Å². The van der Waals surface area contributed by atoms with Crippen LogP contribution in [-0.4, -0.2) is 24.2 Å². The van der Waals surface area contributed by atoms with Crippen LogP contribution in [0.15, 0.2) is 52.6 Å². The fraction of sp³-hybridized carbons (Fsp3) is 0.217. The Morgan fingerprint density at radius 2 is 1.97 bits per heavy atom. The first-order valence-electron chi connectivity index (χ1n) is 9.72. The lowest BCUT2D eigenvalue weighted by Gasteiger charge is -2.18. The van der Waals surface area contributed by atoms with Crippen LogP contribution in [0.3, 0.4) is 0 Å². The van der Waals surface area contributed by atoms with Crippen LogP contribution in [0.25, 0.3) is 21.3 Å². The van der Waals surface area contributed by atoms with Crippen LogP contribution in [0.2, 0.25) is 5.02 Å². The number of thiophene rings is 1. The first kappa shape index (κ1) is 21.4. The van der Waals surface area contributed by atoms with E-state index in [4.69, 9.17) is 21.1 Å². The molecule has 0 saturated heterocycles. The summed E-state index contributed by atoms with van der Waals surface area (Å²) in [6.07, 6.45) is 0. The van der Waals surface area contributed by atoms with Crippen molar-refractivity contribution in [3.05, 3.63) is 74.6 Å². The molecule has 2 heterocycles. The number of methoxy groups -OCH3 is 2. The van der Waals surface area contributed by atoms with Crippen molar-refractivity contribution in [1.29, 1.82) is 0 Å². The number of benzene rings is 2. The molecule has 0 radical (unpaired) electrons. The van der Waals surface area contributed by atoms with E-state index in [1.807, 2.05) is 54.8 Å². The van der Waals surface area contributed by atoms with E-state index in [1.165, 1.54) is 11.3 Å². The van der Waals surface area contributed by atoms with Gasteiger partial charge in [-0.1, -0.05) is 29.8 Å². The summed E-state index contributed by atoms with van der Waals surface area (Å²) in [6.45, 7) is 2.42. The SMILES string of the molecule is COc1ccc(OC)c([C@H](C)NCc2nc3scc(-c4ccccc4Cl)c3c(=O)[nH]2)c1. The van der Waals surface area contributed by atoms with Gasteiger partial charge in [0.25, 0.3) is 5.56 Å². The first-order valence-corrected chi connectivity index (χ1v) is 11.0. The quantitative estimate of drug-likeness (QED) is 0.402. The molecule has 0 fully saturated rings. The Hall–Kier alpha value is -2.87. The van der Waals surface area contributed by atoms with Crippen molar-refractivity contribution < 1.29 is 9.47 Å². The molecule has 4 aromatic rings. The molecule has 8 heteroatoms. The van der Waals surface area contributed by atoms with Crippen molar-refractivity contribution in [1.82, 2.24) is 15.3 Å². The monoisotopic (exact) mass is 455 g/mol. The molecule has 0 spiro atoms. The van der Waals surface area contributed by atoms with Crippen molar-refractivity contribution in [3.8, 4) is 22.6 Å².